The standard InChI is InChI=1S/C15H21ClN4O/c1-11(2)7-18-15(21)5-6-17-8-13-10-20-9-12(16)3-4-14(20)19-13/h3-4,9-11,17H,5-8H2,1-2H3,(H,18,21). The maximum Gasteiger partial charge on any atom is 0.221 e. The van der Waals surface area contributed by atoms with Crippen molar-refractivity contribution in [3.05, 3.63) is 35.2 Å². The fourth-order valence-electron chi connectivity index (χ4n) is 1.93. The van der Waals surface area contributed by atoms with Crippen molar-refractivity contribution in [2.24, 2.45) is 5.92 Å². The smallest absolute Gasteiger partial charge is 0.221 e. The van der Waals surface area contributed by atoms with Crippen molar-refractivity contribution in [3.8, 4) is 0 Å². The SMILES string of the molecule is CC(C)CNC(=O)CCNCc1cn2cc(Cl)ccc2n1. The highest BCUT2D eigenvalue weighted by molar-refractivity contribution is 6.30. The minimum absolute atomic E-state index is 0.0815. The van der Waals surface area contributed by atoms with Gasteiger partial charge in [-0.3, -0.25) is 4.79 Å². The number of halogens is 1. The first-order chi connectivity index (χ1) is 10.0. The Morgan fingerprint density at radius 2 is 2.19 bits per heavy atom. The number of aromatic nitrogens is 2. The van der Waals surface area contributed by atoms with Gasteiger partial charge in [-0.15, -0.1) is 0 Å². The van der Waals surface area contributed by atoms with Gasteiger partial charge in [0, 0.05) is 38.4 Å². The van der Waals surface area contributed by atoms with Crippen molar-refractivity contribution in [1.29, 1.82) is 0 Å². The van der Waals surface area contributed by atoms with E-state index in [-0.39, 0.29) is 5.91 Å². The summed E-state index contributed by atoms with van der Waals surface area (Å²) in [4.78, 5) is 16.0. The Bertz CT molecular complexity index is 609. The second-order valence-corrected chi connectivity index (χ2v) is 5.91. The summed E-state index contributed by atoms with van der Waals surface area (Å²) < 4.78 is 1.90. The highest BCUT2D eigenvalue weighted by Gasteiger charge is 2.04. The highest BCUT2D eigenvalue weighted by atomic mass is 35.5. The molecule has 0 bridgehead atoms. The second kappa shape index (κ2) is 7.43. The zero-order valence-electron chi connectivity index (χ0n) is 12.4. The molecular formula is C15H21ClN4O. The van der Waals surface area contributed by atoms with Gasteiger partial charge >= 0.3 is 0 Å². The number of amides is 1. The van der Waals surface area contributed by atoms with Gasteiger partial charge in [-0.05, 0) is 18.1 Å². The van der Waals surface area contributed by atoms with E-state index in [4.69, 9.17) is 11.6 Å². The van der Waals surface area contributed by atoms with Gasteiger partial charge in [-0.25, -0.2) is 4.98 Å². The van der Waals surface area contributed by atoms with Gasteiger partial charge in [-0.1, -0.05) is 25.4 Å². The molecule has 5 nitrogen and oxygen atoms in total. The summed E-state index contributed by atoms with van der Waals surface area (Å²) in [6.07, 6.45) is 4.24. The Hall–Kier alpha value is -1.59. The molecule has 0 aliphatic carbocycles. The first-order valence-electron chi connectivity index (χ1n) is 7.15. The van der Waals surface area contributed by atoms with Crippen LogP contribution >= 0.6 is 11.6 Å². The summed E-state index contributed by atoms with van der Waals surface area (Å²) in [5.41, 5.74) is 1.80. The van der Waals surface area contributed by atoms with Crippen LogP contribution < -0.4 is 10.6 Å². The lowest BCUT2D eigenvalue weighted by Crippen LogP contribution is -2.30. The molecule has 0 saturated heterocycles. The fourth-order valence-corrected chi connectivity index (χ4v) is 2.10. The monoisotopic (exact) mass is 308 g/mol. The van der Waals surface area contributed by atoms with Crippen molar-refractivity contribution in [1.82, 2.24) is 20.0 Å². The maximum absolute atomic E-state index is 11.6. The molecule has 2 aromatic heterocycles. The summed E-state index contributed by atoms with van der Waals surface area (Å²) >= 11 is 5.93. The third-order valence-electron chi connectivity index (χ3n) is 3.01. The molecule has 0 aliphatic heterocycles. The number of nitrogens with one attached hydrogen (secondary N) is 2. The summed E-state index contributed by atoms with van der Waals surface area (Å²) in [6, 6.07) is 3.70. The number of hydrogen-bond acceptors (Lipinski definition) is 3. The molecule has 0 radical (unpaired) electrons. The van der Waals surface area contributed by atoms with Crippen LogP contribution in [-0.4, -0.2) is 28.4 Å². The van der Waals surface area contributed by atoms with Gasteiger partial charge in [0.25, 0.3) is 0 Å². The Labute approximate surface area is 129 Å². The molecule has 21 heavy (non-hydrogen) atoms. The number of hydrogen-bond donors (Lipinski definition) is 2. The summed E-state index contributed by atoms with van der Waals surface area (Å²) in [5.74, 6) is 0.560. The van der Waals surface area contributed by atoms with Crippen LogP contribution in [0, 0.1) is 5.92 Å². The molecule has 0 aromatic carbocycles. The van der Waals surface area contributed by atoms with E-state index in [0.717, 1.165) is 17.9 Å². The molecule has 1 amide bonds. The molecule has 0 saturated carbocycles. The summed E-state index contributed by atoms with van der Waals surface area (Å²) in [7, 11) is 0. The van der Waals surface area contributed by atoms with Crippen molar-refractivity contribution >= 4 is 23.2 Å². The average molecular weight is 309 g/mol. The lowest BCUT2D eigenvalue weighted by Gasteiger charge is -2.07. The zero-order chi connectivity index (χ0) is 15.2. The van der Waals surface area contributed by atoms with Crippen LogP contribution in [-0.2, 0) is 11.3 Å². The lowest BCUT2D eigenvalue weighted by molar-refractivity contribution is -0.121. The molecule has 6 heteroatoms. The Kier molecular flexibility index (Phi) is 5.59. The van der Waals surface area contributed by atoms with Crippen LogP contribution in [0.5, 0.6) is 0 Å². The third-order valence-corrected chi connectivity index (χ3v) is 3.23. The van der Waals surface area contributed by atoms with Gasteiger partial charge in [0.05, 0.1) is 10.7 Å². The number of rotatable bonds is 7. The van der Waals surface area contributed by atoms with Crippen LogP contribution in [0.25, 0.3) is 5.65 Å². The number of fused-ring (bicyclic) bond motifs is 1. The first kappa shape index (κ1) is 15.8. The van der Waals surface area contributed by atoms with E-state index in [0.29, 0.717) is 30.5 Å². The number of pyridine rings is 1. The second-order valence-electron chi connectivity index (χ2n) is 5.47. The predicted molar refractivity (Wildman–Crippen MR) is 84.4 cm³/mol. The Morgan fingerprint density at radius 3 is 2.95 bits per heavy atom. The van der Waals surface area contributed by atoms with E-state index < -0.39 is 0 Å². The van der Waals surface area contributed by atoms with Crippen molar-refractivity contribution in [2.75, 3.05) is 13.1 Å². The summed E-state index contributed by atoms with van der Waals surface area (Å²) in [5, 5.41) is 6.80. The largest absolute Gasteiger partial charge is 0.356 e. The molecule has 2 aromatic rings. The van der Waals surface area contributed by atoms with Crippen LogP contribution in [0.2, 0.25) is 5.02 Å². The molecule has 0 fully saturated rings. The molecule has 0 unspecified atom stereocenters. The Balaban J connectivity index is 1.73. The van der Waals surface area contributed by atoms with E-state index >= 15 is 0 Å². The van der Waals surface area contributed by atoms with Crippen LogP contribution in [0.4, 0.5) is 0 Å². The average Bonchev–Trinajstić information content (AvgIpc) is 2.83. The fraction of sp³-hybridized carbons (Fsp3) is 0.467. The number of carbonyl (C=O) groups excluding carboxylic acids is 1. The topological polar surface area (TPSA) is 58.4 Å². The number of nitrogens with zero attached hydrogens (tertiary/aromatic N) is 2. The van der Waals surface area contributed by atoms with E-state index in [1.165, 1.54) is 0 Å². The van der Waals surface area contributed by atoms with Gasteiger partial charge in [0.2, 0.25) is 5.91 Å². The van der Waals surface area contributed by atoms with Crippen molar-refractivity contribution in [2.45, 2.75) is 26.8 Å². The molecule has 2 N–H and O–H groups in total. The minimum Gasteiger partial charge on any atom is -0.356 e. The minimum atomic E-state index is 0.0815. The van der Waals surface area contributed by atoms with E-state index in [9.17, 15) is 4.79 Å². The lowest BCUT2D eigenvalue weighted by atomic mass is 10.2. The zero-order valence-corrected chi connectivity index (χ0v) is 13.2. The normalized spacial score (nSPS) is 11.2. The molecule has 2 rings (SSSR count). The van der Waals surface area contributed by atoms with Gasteiger partial charge in [0.1, 0.15) is 5.65 Å². The third kappa shape index (κ3) is 5.02. The molecule has 0 spiro atoms. The Morgan fingerprint density at radius 1 is 1.38 bits per heavy atom. The summed E-state index contributed by atoms with van der Waals surface area (Å²) in [6.45, 7) is 6.16. The van der Waals surface area contributed by atoms with Crippen molar-refractivity contribution in [3.63, 3.8) is 0 Å². The van der Waals surface area contributed by atoms with Crippen LogP contribution in [0.1, 0.15) is 26.0 Å². The van der Waals surface area contributed by atoms with Gasteiger partial charge in [0.15, 0.2) is 0 Å². The maximum atomic E-state index is 11.6. The molecule has 0 atom stereocenters. The van der Waals surface area contributed by atoms with E-state index in [1.54, 1.807) is 0 Å². The van der Waals surface area contributed by atoms with E-state index in [1.807, 2.05) is 28.9 Å². The molecule has 114 valence electrons. The first-order valence-corrected chi connectivity index (χ1v) is 7.53. The van der Waals surface area contributed by atoms with Gasteiger partial charge in [-0.2, -0.15) is 0 Å². The van der Waals surface area contributed by atoms with Crippen LogP contribution in [0.3, 0.4) is 0 Å². The number of carbonyl (C=O) groups is 1. The molecular weight excluding hydrogens is 288 g/mol. The predicted octanol–water partition coefficient (Wildman–Crippen LogP) is 2.24. The quantitative estimate of drug-likeness (QED) is 0.771. The van der Waals surface area contributed by atoms with E-state index in [2.05, 4.69) is 29.5 Å². The van der Waals surface area contributed by atoms with Gasteiger partial charge < -0.3 is 15.0 Å². The number of imidazole rings is 1. The van der Waals surface area contributed by atoms with Crippen molar-refractivity contribution < 1.29 is 4.79 Å². The molecule has 0 aliphatic rings. The van der Waals surface area contributed by atoms with Crippen LogP contribution in [0.15, 0.2) is 24.5 Å². The highest BCUT2D eigenvalue weighted by Crippen LogP contribution is 2.11. The molecule has 2 heterocycles.